The van der Waals surface area contributed by atoms with Crippen LogP contribution in [-0.2, 0) is 4.79 Å². The van der Waals surface area contributed by atoms with Crippen LogP contribution in [0, 0.1) is 6.92 Å². The van der Waals surface area contributed by atoms with Crippen molar-refractivity contribution in [1.29, 1.82) is 0 Å². The van der Waals surface area contributed by atoms with Gasteiger partial charge in [0.05, 0.1) is 5.69 Å². The Morgan fingerprint density at radius 2 is 2.07 bits per heavy atom. The zero-order chi connectivity index (χ0) is 11.6. The molecule has 1 aromatic rings. The van der Waals surface area contributed by atoms with E-state index in [1.807, 2.05) is 6.92 Å². The molecule has 0 spiro atoms. The van der Waals surface area contributed by atoms with Crippen molar-refractivity contribution >= 4 is 17.4 Å². The maximum Gasteiger partial charge on any atom is 0.242 e. The molecule has 15 heavy (non-hydrogen) atoms. The second-order valence-electron chi connectivity index (χ2n) is 4.00. The number of primary amides is 1. The van der Waals surface area contributed by atoms with Gasteiger partial charge in [-0.2, -0.15) is 0 Å². The predicted octanol–water partition coefficient (Wildman–Crippen LogP) is 0.648. The van der Waals surface area contributed by atoms with Crippen LogP contribution in [0.1, 0.15) is 19.5 Å². The molecular weight excluding hydrogens is 192 g/mol. The highest BCUT2D eigenvalue weighted by Crippen LogP contribution is 2.19. The van der Waals surface area contributed by atoms with E-state index in [-0.39, 0.29) is 0 Å². The first-order valence-corrected chi connectivity index (χ1v) is 4.64. The van der Waals surface area contributed by atoms with Crippen molar-refractivity contribution in [2.75, 3.05) is 11.1 Å². The standard InChI is InChI=1S/C10H16N4O/c1-6-4-5-7(11)8(13-6)14-10(2,3)9(12)15/h4-5H,11H2,1-3H3,(H2,12,15)(H,13,14). The van der Waals surface area contributed by atoms with Gasteiger partial charge in [-0.1, -0.05) is 0 Å². The summed E-state index contributed by atoms with van der Waals surface area (Å²) in [5, 5.41) is 2.92. The molecule has 0 aliphatic carbocycles. The highest BCUT2D eigenvalue weighted by atomic mass is 16.1. The lowest BCUT2D eigenvalue weighted by Crippen LogP contribution is -2.45. The fourth-order valence-electron chi connectivity index (χ4n) is 1.03. The molecule has 0 aliphatic rings. The van der Waals surface area contributed by atoms with E-state index >= 15 is 0 Å². The minimum atomic E-state index is -0.866. The first kappa shape index (κ1) is 11.3. The Bertz CT molecular complexity index is 387. The molecule has 5 heteroatoms. The number of rotatable bonds is 3. The summed E-state index contributed by atoms with van der Waals surface area (Å²) in [4.78, 5) is 15.3. The van der Waals surface area contributed by atoms with Crippen LogP contribution in [-0.4, -0.2) is 16.4 Å². The Kier molecular flexibility index (Phi) is 2.83. The SMILES string of the molecule is Cc1ccc(N)c(NC(C)(C)C(N)=O)n1. The molecule has 5 N–H and O–H groups in total. The lowest BCUT2D eigenvalue weighted by molar-refractivity contribution is -0.121. The Morgan fingerprint density at radius 3 is 2.60 bits per heavy atom. The monoisotopic (exact) mass is 208 g/mol. The second-order valence-corrected chi connectivity index (χ2v) is 4.00. The summed E-state index contributed by atoms with van der Waals surface area (Å²) in [6.07, 6.45) is 0. The van der Waals surface area contributed by atoms with Crippen molar-refractivity contribution < 1.29 is 4.79 Å². The Hall–Kier alpha value is -1.78. The normalized spacial score (nSPS) is 11.1. The molecule has 0 fully saturated rings. The number of nitrogen functional groups attached to an aromatic ring is 1. The molecule has 1 aromatic heterocycles. The van der Waals surface area contributed by atoms with Gasteiger partial charge in [-0.25, -0.2) is 4.98 Å². The average Bonchev–Trinajstić information content (AvgIpc) is 2.10. The van der Waals surface area contributed by atoms with Crippen LogP contribution < -0.4 is 16.8 Å². The molecule has 1 heterocycles. The van der Waals surface area contributed by atoms with Crippen LogP contribution in [0.2, 0.25) is 0 Å². The van der Waals surface area contributed by atoms with Crippen molar-refractivity contribution in [3.63, 3.8) is 0 Å². The second kappa shape index (κ2) is 3.76. The van der Waals surface area contributed by atoms with E-state index in [1.165, 1.54) is 0 Å². The quantitative estimate of drug-likeness (QED) is 0.679. The smallest absolute Gasteiger partial charge is 0.242 e. The number of nitrogens with one attached hydrogen (secondary N) is 1. The molecule has 0 saturated carbocycles. The van der Waals surface area contributed by atoms with Crippen LogP contribution >= 0.6 is 0 Å². The number of carbonyl (C=O) groups is 1. The number of carbonyl (C=O) groups excluding carboxylic acids is 1. The minimum Gasteiger partial charge on any atom is -0.396 e. The van der Waals surface area contributed by atoms with Gasteiger partial charge in [0.2, 0.25) is 5.91 Å². The highest BCUT2D eigenvalue weighted by Gasteiger charge is 2.25. The molecule has 0 atom stereocenters. The van der Waals surface area contributed by atoms with Crippen molar-refractivity contribution in [2.45, 2.75) is 26.3 Å². The van der Waals surface area contributed by atoms with Crippen molar-refractivity contribution in [1.82, 2.24) is 4.98 Å². The van der Waals surface area contributed by atoms with Gasteiger partial charge < -0.3 is 16.8 Å². The molecule has 0 unspecified atom stereocenters. The molecule has 0 aliphatic heterocycles. The van der Waals surface area contributed by atoms with E-state index in [9.17, 15) is 4.79 Å². The number of nitrogens with two attached hydrogens (primary N) is 2. The molecule has 1 amide bonds. The Balaban J connectivity index is 2.99. The molecule has 0 aromatic carbocycles. The maximum atomic E-state index is 11.1. The summed E-state index contributed by atoms with van der Waals surface area (Å²) in [6.45, 7) is 5.21. The number of amides is 1. The average molecular weight is 208 g/mol. The van der Waals surface area contributed by atoms with E-state index in [1.54, 1.807) is 26.0 Å². The number of hydrogen-bond donors (Lipinski definition) is 3. The van der Waals surface area contributed by atoms with Gasteiger partial charge in [0.25, 0.3) is 0 Å². The summed E-state index contributed by atoms with van der Waals surface area (Å²) >= 11 is 0. The minimum absolute atomic E-state index is 0.454. The maximum absolute atomic E-state index is 11.1. The van der Waals surface area contributed by atoms with Crippen molar-refractivity contribution in [3.8, 4) is 0 Å². The first-order valence-electron chi connectivity index (χ1n) is 4.64. The third kappa shape index (κ3) is 2.59. The van der Waals surface area contributed by atoms with E-state index in [2.05, 4.69) is 10.3 Å². The van der Waals surface area contributed by atoms with Gasteiger partial charge in [0.1, 0.15) is 11.4 Å². The van der Waals surface area contributed by atoms with Crippen LogP contribution in [0.3, 0.4) is 0 Å². The van der Waals surface area contributed by atoms with Crippen LogP contribution in [0.25, 0.3) is 0 Å². The first-order chi connectivity index (χ1) is 6.83. The number of anilines is 2. The lowest BCUT2D eigenvalue weighted by Gasteiger charge is -2.23. The molecular formula is C10H16N4O. The van der Waals surface area contributed by atoms with Crippen molar-refractivity contribution in [2.24, 2.45) is 5.73 Å². The summed E-state index contributed by atoms with van der Waals surface area (Å²) in [6, 6.07) is 3.54. The van der Waals surface area contributed by atoms with Crippen molar-refractivity contribution in [3.05, 3.63) is 17.8 Å². The Labute approximate surface area is 88.9 Å². The number of aryl methyl sites for hydroxylation is 1. The van der Waals surface area contributed by atoms with Gasteiger partial charge in [-0.05, 0) is 32.9 Å². The van der Waals surface area contributed by atoms with E-state index in [0.717, 1.165) is 5.69 Å². The molecule has 0 saturated heterocycles. The fraction of sp³-hybridized carbons (Fsp3) is 0.400. The highest BCUT2D eigenvalue weighted by molar-refractivity contribution is 5.87. The number of aromatic nitrogens is 1. The van der Waals surface area contributed by atoms with Crippen LogP contribution in [0.4, 0.5) is 11.5 Å². The summed E-state index contributed by atoms with van der Waals surface area (Å²) in [7, 11) is 0. The molecule has 1 rings (SSSR count). The third-order valence-corrected chi connectivity index (χ3v) is 2.11. The lowest BCUT2D eigenvalue weighted by atomic mass is 10.1. The molecule has 0 radical (unpaired) electrons. The largest absolute Gasteiger partial charge is 0.396 e. The fourth-order valence-corrected chi connectivity index (χ4v) is 1.03. The number of nitrogens with zero attached hydrogens (tertiary/aromatic N) is 1. The summed E-state index contributed by atoms with van der Waals surface area (Å²) in [5.41, 5.74) is 11.4. The zero-order valence-electron chi connectivity index (χ0n) is 9.16. The Morgan fingerprint density at radius 1 is 1.47 bits per heavy atom. The molecule has 5 nitrogen and oxygen atoms in total. The number of hydrogen-bond acceptors (Lipinski definition) is 4. The topological polar surface area (TPSA) is 94.0 Å². The summed E-state index contributed by atoms with van der Waals surface area (Å²) < 4.78 is 0. The number of pyridine rings is 1. The summed E-state index contributed by atoms with van der Waals surface area (Å²) in [5.74, 6) is 0.0315. The molecule has 82 valence electrons. The van der Waals surface area contributed by atoms with E-state index in [0.29, 0.717) is 11.5 Å². The van der Waals surface area contributed by atoms with E-state index < -0.39 is 11.4 Å². The predicted molar refractivity (Wildman–Crippen MR) is 60.3 cm³/mol. The van der Waals surface area contributed by atoms with Gasteiger partial charge in [-0.15, -0.1) is 0 Å². The van der Waals surface area contributed by atoms with Gasteiger partial charge in [0.15, 0.2) is 0 Å². The van der Waals surface area contributed by atoms with Gasteiger partial charge in [0, 0.05) is 5.69 Å². The van der Waals surface area contributed by atoms with Gasteiger partial charge >= 0.3 is 0 Å². The zero-order valence-corrected chi connectivity index (χ0v) is 9.16. The molecule has 0 bridgehead atoms. The van der Waals surface area contributed by atoms with Gasteiger partial charge in [-0.3, -0.25) is 4.79 Å². The van der Waals surface area contributed by atoms with Crippen LogP contribution in [0.5, 0.6) is 0 Å². The van der Waals surface area contributed by atoms with Crippen LogP contribution in [0.15, 0.2) is 12.1 Å². The third-order valence-electron chi connectivity index (χ3n) is 2.11. The van der Waals surface area contributed by atoms with E-state index in [4.69, 9.17) is 11.5 Å².